The van der Waals surface area contributed by atoms with Crippen LogP contribution in [0.15, 0.2) is 54.6 Å². The molecular formula is C21H23FN2O5. The summed E-state index contributed by atoms with van der Waals surface area (Å²) in [5.41, 5.74) is 2.04. The monoisotopic (exact) mass is 402 g/mol. The van der Waals surface area contributed by atoms with Gasteiger partial charge in [0.2, 0.25) is 5.91 Å². The molecule has 1 aliphatic rings. The van der Waals surface area contributed by atoms with E-state index in [9.17, 15) is 9.18 Å². The number of carboxylic acids is 2. The first-order valence-corrected chi connectivity index (χ1v) is 9.10. The molecule has 0 spiro atoms. The minimum atomic E-state index is -1.82. The highest BCUT2D eigenvalue weighted by molar-refractivity contribution is 6.27. The van der Waals surface area contributed by atoms with Gasteiger partial charge in [-0.25, -0.2) is 14.0 Å². The number of benzene rings is 2. The molecule has 0 bridgehead atoms. The van der Waals surface area contributed by atoms with Crippen LogP contribution in [0.2, 0.25) is 0 Å². The fourth-order valence-electron chi connectivity index (χ4n) is 2.93. The molecule has 0 aromatic heterocycles. The first kappa shape index (κ1) is 22.0. The second kappa shape index (κ2) is 10.9. The Hall–Kier alpha value is -3.26. The van der Waals surface area contributed by atoms with Crippen LogP contribution in [-0.4, -0.2) is 64.0 Å². The van der Waals surface area contributed by atoms with Crippen molar-refractivity contribution in [1.29, 1.82) is 0 Å². The van der Waals surface area contributed by atoms with Crippen LogP contribution in [0.5, 0.6) is 0 Å². The summed E-state index contributed by atoms with van der Waals surface area (Å²) in [5, 5.41) is 14.8. The molecule has 154 valence electrons. The molecule has 29 heavy (non-hydrogen) atoms. The predicted octanol–water partition coefficient (Wildman–Crippen LogP) is 1.87. The van der Waals surface area contributed by atoms with Crippen LogP contribution in [0.3, 0.4) is 0 Å². The topological polar surface area (TPSA) is 98.2 Å². The van der Waals surface area contributed by atoms with Gasteiger partial charge in [-0.15, -0.1) is 0 Å². The number of piperazine rings is 1. The summed E-state index contributed by atoms with van der Waals surface area (Å²) < 4.78 is 13.2. The predicted molar refractivity (Wildman–Crippen MR) is 104 cm³/mol. The van der Waals surface area contributed by atoms with Crippen molar-refractivity contribution in [1.82, 2.24) is 9.80 Å². The van der Waals surface area contributed by atoms with E-state index in [4.69, 9.17) is 19.8 Å². The van der Waals surface area contributed by atoms with E-state index < -0.39 is 11.9 Å². The summed E-state index contributed by atoms with van der Waals surface area (Å²) in [7, 11) is 0. The van der Waals surface area contributed by atoms with Gasteiger partial charge in [-0.3, -0.25) is 9.69 Å². The maximum Gasteiger partial charge on any atom is 0.414 e. The molecule has 1 saturated heterocycles. The lowest BCUT2D eigenvalue weighted by Gasteiger charge is -2.34. The molecule has 0 saturated carbocycles. The van der Waals surface area contributed by atoms with Crippen molar-refractivity contribution in [3.05, 3.63) is 71.5 Å². The molecule has 7 nitrogen and oxygen atoms in total. The van der Waals surface area contributed by atoms with Crippen molar-refractivity contribution in [3.63, 3.8) is 0 Å². The van der Waals surface area contributed by atoms with Crippen molar-refractivity contribution in [3.8, 4) is 0 Å². The number of halogens is 1. The summed E-state index contributed by atoms with van der Waals surface area (Å²) in [4.78, 5) is 34.7. The van der Waals surface area contributed by atoms with Gasteiger partial charge < -0.3 is 15.1 Å². The van der Waals surface area contributed by atoms with E-state index in [0.29, 0.717) is 6.42 Å². The Morgan fingerprint density at radius 3 is 1.97 bits per heavy atom. The second-order valence-electron chi connectivity index (χ2n) is 6.56. The SMILES string of the molecule is O=C(Cc1ccccc1)N1CCN(Cc2cccc(F)c2)CC1.O=C(O)C(=O)O. The van der Waals surface area contributed by atoms with Crippen molar-refractivity contribution < 1.29 is 29.0 Å². The fourth-order valence-corrected chi connectivity index (χ4v) is 2.93. The average molecular weight is 402 g/mol. The first-order valence-electron chi connectivity index (χ1n) is 9.10. The number of nitrogens with zero attached hydrogens (tertiary/aromatic N) is 2. The number of amides is 1. The Kier molecular flexibility index (Phi) is 8.29. The van der Waals surface area contributed by atoms with Crippen molar-refractivity contribution >= 4 is 17.8 Å². The van der Waals surface area contributed by atoms with Crippen molar-refractivity contribution in [2.24, 2.45) is 0 Å². The van der Waals surface area contributed by atoms with Gasteiger partial charge in [-0.05, 0) is 23.3 Å². The molecule has 1 amide bonds. The lowest BCUT2D eigenvalue weighted by atomic mass is 10.1. The number of rotatable bonds is 4. The minimum Gasteiger partial charge on any atom is -0.473 e. The van der Waals surface area contributed by atoms with E-state index >= 15 is 0 Å². The van der Waals surface area contributed by atoms with Gasteiger partial charge in [0.25, 0.3) is 0 Å². The molecule has 3 rings (SSSR count). The summed E-state index contributed by atoms with van der Waals surface area (Å²) in [6.07, 6.45) is 0.463. The zero-order chi connectivity index (χ0) is 21.2. The normalized spacial score (nSPS) is 13.9. The van der Waals surface area contributed by atoms with Gasteiger partial charge in [0.1, 0.15) is 5.82 Å². The zero-order valence-electron chi connectivity index (χ0n) is 15.8. The summed E-state index contributed by atoms with van der Waals surface area (Å²) in [6, 6.07) is 16.6. The van der Waals surface area contributed by atoms with E-state index in [1.165, 1.54) is 6.07 Å². The number of carboxylic acid groups (broad SMARTS) is 2. The summed E-state index contributed by atoms with van der Waals surface area (Å²) in [5.74, 6) is -3.66. The zero-order valence-corrected chi connectivity index (χ0v) is 15.8. The number of hydrogen-bond acceptors (Lipinski definition) is 4. The summed E-state index contributed by atoms with van der Waals surface area (Å²) in [6.45, 7) is 3.87. The van der Waals surface area contributed by atoms with E-state index in [0.717, 1.165) is 43.9 Å². The van der Waals surface area contributed by atoms with Crippen LogP contribution in [0.1, 0.15) is 11.1 Å². The molecule has 1 aliphatic heterocycles. The molecule has 0 radical (unpaired) electrons. The van der Waals surface area contributed by atoms with Crippen LogP contribution in [0.4, 0.5) is 4.39 Å². The number of carbonyl (C=O) groups is 3. The Morgan fingerprint density at radius 1 is 0.828 bits per heavy atom. The van der Waals surface area contributed by atoms with Gasteiger partial charge in [0.05, 0.1) is 6.42 Å². The van der Waals surface area contributed by atoms with Gasteiger partial charge >= 0.3 is 11.9 Å². The Bertz CT molecular complexity index is 824. The molecule has 2 N–H and O–H groups in total. The van der Waals surface area contributed by atoms with Crippen LogP contribution in [0, 0.1) is 5.82 Å². The minimum absolute atomic E-state index is 0.182. The van der Waals surface area contributed by atoms with Crippen molar-refractivity contribution in [2.75, 3.05) is 26.2 Å². The standard InChI is InChI=1S/C19H21FN2O.C2H2O4/c20-18-8-4-7-17(13-18)15-21-9-11-22(12-10-21)19(23)14-16-5-2-1-3-6-16;3-1(4)2(5)6/h1-8,13H,9-12,14-15H2;(H,3,4)(H,5,6). The third kappa shape index (κ3) is 7.71. The van der Waals surface area contributed by atoms with Gasteiger partial charge in [0.15, 0.2) is 0 Å². The van der Waals surface area contributed by atoms with Crippen LogP contribution in [-0.2, 0) is 27.3 Å². The molecule has 0 unspecified atom stereocenters. The molecule has 0 atom stereocenters. The molecule has 2 aromatic carbocycles. The van der Waals surface area contributed by atoms with Crippen LogP contribution >= 0.6 is 0 Å². The number of carbonyl (C=O) groups excluding carboxylic acids is 1. The molecule has 0 aliphatic carbocycles. The quantitative estimate of drug-likeness (QED) is 0.758. The maximum atomic E-state index is 13.2. The highest BCUT2D eigenvalue weighted by Gasteiger charge is 2.21. The Balaban J connectivity index is 0.000000438. The van der Waals surface area contributed by atoms with Gasteiger partial charge in [-0.1, -0.05) is 42.5 Å². The fraction of sp³-hybridized carbons (Fsp3) is 0.286. The van der Waals surface area contributed by atoms with Crippen LogP contribution in [0.25, 0.3) is 0 Å². The third-order valence-electron chi connectivity index (χ3n) is 4.40. The molecule has 1 heterocycles. The third-order valence-corrected chi connectivity index (χ3v) is 4.40. The van der Waals surface area contributed by atoms with E-state index in [-0.39, 0.29) is 11.7 Å². The Morgan fingerprint density at radius 2 is 1.41 bits per heavy atom. The van der Waals surface area contributed by atoms with E-state index in [2.05, 4.69) is 4.90 Å². The van der Waals surface area contributed by atoms with Crippen LogP contribution < -0.4 is 0 Å². The van der Waals surface area contributed by atoms with Gasteiger partial charge in [-0.2, -0.15) is 0 Å². The van der Waals surface area contributed by atoms with Crippen molar-refractivity contribution in [2.45, 2.75) is 13.0 Å². The molecular weight excluding hydrogens is 379 g/mol. The first-order chi connectivity index (χ1) is 13.8. The molecule has 1 fully saturated rings. The maximum absolute atomic E-state index is 13.2. The molecule has 8 heteroatoms. The van der Waals surface area contributed by atoms with E-state index in [1.54, 1.807) is 12.1 Å². The Labute approximate surface area is 168 Å². The highest BCUT2D eigenvalue weighted by Crippen LogP contribution is 2.11. The largest absolute Gasteiger partial charge is 0.473 e. The van der Waals surface area contributed by atoms with Gasteiger partial charge in [0, 0.05) is 32.7 Å². The summed E-state index contributed by atoms with van der Waals surface area (Å²) >= 11 is 0. The lowest BCUT2D eigenvalue weighted by molar-refractivity contribution is -0.159. The average Bonchev–Trinajstić information content (AvgIpc) is 2.70. The number of hydrogen-bond donors (Lipinski definition) is 2. The lowest BCUT2D eigenvalue weighted by Crippen LogP contribution is -2.48. The number of aliphatic carboxylic acids is 2. The highest BCUT2D eigenvalue weighted by atomic mass is 19.1. The molecule has 2 aromatic rings. The van der Waals surface area contributed by atoms with E-state index in [1.807, 2.05) is 41.3 Å². The second-order valence-corrected chi connectivity index (χ2v) is 6.56. The smallest absolute Gasteiger partial charge is 0.414 e.